The standard InChI is InChI=1S/C16H25NO2/c1-3-18-16(19-4-2)12-17-15-11-7-9-13-8-5-6-10-14(13)15/h5-6,8,10,15-17H,3-4,7,9,11-12H2,1-2H3. The molecule has 0 aromatic heterocycles. The molecule has 1 aromatic carbocycles. The number of benzene rings is 1. The van der Waals surface area contributed by atoms with Crippen LogP contribution >= 0.6 is 0 Å². The molecule has 2 rings (SSSR count). The zero-order chi connectivity index (χ0) is 13.5. The average molecular weight is 263 g/mol. The third kappa shape index (κ3) is 4.03. The highest BCUT2D eigenvalue weighted by atomic mass is 16.7. The topological polar surface area (TPSA) is 30.5 Å². The molecule has 0 spiro atoms. The average Bonchev–Trinajstić information content (AvgIpc) is 2.45. The summed E-state index contributed by atoms with van der Waals surface area (Å²) in [4.78, 5) is 0. The maximum Gasteiger partial charge on any atom is 0.169 e. The van der Waals surface area contributed by atoms with Crippen LogP contribution in [-0.2, 0) is 15.9 Å². The summed E-state index contributed by atoms with van der Waals surface area (Å²) in [5.41, 5.74) is 2.93. The normalized spacial score (nSPS) is 18.6. The third-order valence-electron chi connectivity index (χ3n) is 3.61. The summed E-state index contributed by atoms with van der Waals surface area (Å²) in [6.07, 6.45) is 3.52. The highest BCUT2D eigenvalue weighted by Crippen LogP contribution is 2.29. The molecule has 0 bridgehead atoms. The molecular formula is C16H25NO2. The van der Waals surface area contributed by atoms with E-state index in [1.165, 1.54) is 30.4 Å². The summed E-state index contributed by atoms with van der Waals surface area (Å²) in [5, 5.41) is 3.60. The van der Waals surface area contributed by atoms with Crippen LogP contribution in [0.2, 0.25) is 0 Å². The third-order valence-corrected chi connectivity index (χ3v) is 3.61. The van der Waals surface area contributed by atoms with Gasteiger partial charge in [0, 0.05) is 25.8 Å². The Hall–Kier alpha value is -0.900. The van der Waals surface area contributed by atoms with Gasteiger partial charge in [-0.25, -0.2) is 0 Å². The van der Waals surface area contributed by atoms with Crippen LogP contribution in [0.1, 0.15) is 43.9 Å². The van der Waals surface area contributed by atoms with E-state index >= 15 is 0 Å². The number of hydrogen-bond acceptors (Lipinski definition) is 3. The molecule has 1 unspecified atom stereocenters. The Morgan fingerprint density at radius 3 is 2.68 bits per heavy atom. The molecular weight excluding hydrogens is 238 g/mol. The van der Waals surface area contributed by atoms with Gasteiger partial charge >= 0.3 is 0 Å². The molecule has 0 fully saturated rings. The van der Waals surface area contributed by atoms with Crippen molar-refractivity contribution >= 4 is 0 Å². The van der Waals surface area contributed by atoms with E-state index in [4.69, 9.17) is 9.47 Å². The van der Waals surface area contributed by atoms with Gasteiger partial charge in [0.1, 0.15) is 0 Å². The molecule has 3 nitrogen and oxygen atoms in total. The number of hydrogen-bond donors (Lipinski definition) is 1. The predicted octanol–water partition coefficient (Wildman–Crippen LogP) is 3.05. The Bertz CT molecular complexity index is 375. The zero-order valence-electron chi connectivity index (χ0n) is 12.0. The monoisotopic (exact) mass is 263 g/mol. The van der Waals surface area contributed by atoms with E-state index in [0.29, 0.717) is 19.3 Å². The molecule has 0 saturated carbocycles. The molecule has 0 heterocycles. The molecule has 106 valence electrons. The fourth-order valence-electron chi connectivity index (χ4n) is 2.74. The van der Waals surface area contributed by atoms with E-state index in [9.17, 15) is 0 Å². The number of nitrogens with one attached hydrogen (secondary N) is 1. The second-order valence-electron chi connectivity index (χ2n) is 4.89. The first kappa shape index (κ1) is 14.5. The van der Waals surface area contributed by atoms with Crippen molar-refractivity contribution in [3.63, 3.8) is 0 Å². The minimum absolute atomic E-state index is 0.135. The van der Waals surface area contributed by atoms with Crippen molar-refractivity contribution in [3.8, 4) is 0 Å². The van der Waals surface area contributed by atoms with Gasteiger partial charge < -0.3 is 14.8 Å². The minimum atomic E-state index is -0.135. The lowest BCUT2D eigenvalue weighted by Crippen LogP contribution is -2.35. The Balaban J connectivity index is 1.92. The van der Waals surface area contributed by atoms with Crippen LogP contribution in [0.5, 0.6) is 0 Å². The van der Waals surface area contributed by atoms with E-state index in [2.05, 4.69) is 29.6 Å². The quantitative estimate of drug-likeness (QED) is 0.767. The van der Waals surface area contributed by atoms with Crippen LogP contribution < -0.4 is 5.32 Å². The molecule has 1 atom stereocenters. The van der Waals surface area contributed by atoms with E-state index in [0.717, 1.165) is 6.54 Å². The van der Waals surface area contributed by atoms with Gasteiger partial charge in [-0.2, -0.15) is 0 Å². The van der Waals surface area contributed by atoms with Gasteiger partial charge in [0.2, 0.25) is 0 Å². The maximum absolute atomic E-state index is 5.58. The van der Waals surface area contributed by atoms with Gasteiger partial charge in [-0.05, 0) is 44.2 Å². The lowest BCUT2D eigenvalue weighted by atomic mass is 9.88. The van der Waals surface area contributed by atoms with Crippen molar-refractivity contribution in [2.45, 2.75) is 45.4 Å². The molecule has 3 heteroatoms. The highest BCUT2D eigenvalue weighted by Gasteiger charge is 2.20. The van der Waals surface area contributed by atoms with Gasteiger partial charge in [0.25, 0.3) is 0 Å². The first-order valence-electron chi connectivity index (χ1n) is 7.39. The van der Waals surface area contributed by atoms with Crippen LogP contribution in [0.25, 0.3) is 0 Å². The molecule has 0 aliphatic heterocycles. The van der Waals surface area contributed by atoms with Crippen molar-refractivity contribution in [1.29, 1.82) is 0 Å². The number of aryl methyl sites for hydroxylation is 1. The van der Waals surface area contributed by atoms with Crippen molar-refractivity contribution < 1.29 is 9.47 Å². The minimum Gasteiger partial charge on any atom is -0.352 e. The smallest absolute Gasteiger partial charge is 0.169 e. The van der Waals surface area contributed by atoms with Gasteiger partial charge in [-0.3, -0.25) is 0 Å². The van der Waals surface area contributed by atoms with Crippen molar-refractivity contribution in [3.05, 3.63) is 35.4 Å². The van der Waals surface area contributed by atoms with Crippen molar-refractivity contribution in [1.82, 2.24) is 5.32 Å². The lowest BCUT2D eigenvalue weighted by Gasteiger charge is -2.28. The summed E-state index contributed by atoms with van der Waals surface area (Å²) < 4.78 is 11.2. The Kier molecular flexibility index (Phi) is 5.83. The van der Waals surface area contributed by atoms with Crippen molar-refractivity contribution in [2.24, 2.45) is 0 Å². The number of ether oxygens (including phenoxy) is 2. The van der Waals surface area contributed by atoms with Crippen LogP contribution in [-0.4, -0.2) is 26.0 Å². The second-order valence-corrected chi connectivity index (χ2v) is 4.89. The first-order valence-corrected chi connectivity index (χ1v) is 7.39. The highest BCUT2D eigenvalue weighted by molar-refractivity contribution is 5.32. The zero-order valence-corrected chi connectivity index (χ0v) is 12.0. The maximum atomic E-state index is 5.58. The molecule has 1 aliphatic carbocycles. The van der Waals surface area contributed by atoms with Crippen LogP contribution in [0.15, 0.2) is 24.3 Å². The summed E-state index contributed by atoms with van der Waals surface area (Å²) in [6, 6.07) is 9.17. The fourth-order valence-corrected chi connectivity index (χ4v) is 2.74. The number of fused-ring (bicyclic) bond motifs is 1. The Morgan fingerprint density at radius 1 is 1.21 bits per heavy atom. The summed E-state index contributed by atoms with van der Waals surface area (Å²) in [6.45, 7) is 6.13. The molecule has 1 aliphatic rings. The van der Waals surface area contributed by atoms with E-state index in [-0.39, 0.29) is 6.29 Å². The van der Waals surface area contributed by atoms with Gasteiger partial charge in [-0.15, -0.1) is 0 Å². The Labute approximate surface area is 116 Å². The molecule has 0 radical (unpaired) electrons. The van der Waals surface area contributed by atoms with E-state index < -0.39 is 0 Å². The van der Waals surface area contributed by atoms with Crippen LogP contribution in [0, 0.1) is 0 Å². The molecule has 1 N–H and O–H groups in total. The summed E-state index contributed by atoms with van der Waals surface area (Å²) in [5.74, 6) is 0. The van der Waals surface area contributed by atoms with E-state index in [1.807, 2.05) is 13.8 Å². The molecule has 0 saturated heterocycles. The van der Waals surface area contributed by atoms with Crippen LogP contribution in [0.3, 0.4) is 0 Å². The summed E-state index contributed by atoms with van der Waals surface area (Å²) in [7, 11) is 0. The molecule has 19 heavy (non-hydrogen) atoms. The Morgan fingerprint density at radius 2 is 1.95 bits per heavy atom. The second kappa shape index (κ2) is 7.63. The molecule has 1 aromatic rings. The van der Waals surface area contributed by atoms with Gasteiger partial charge in [0.05, 0.1) is 0 Å². The number of rotatable bonds is 7. The largest absolute Gasteiger partial charge is 0.352 e. The first-order chi connectivity index (χ1) is 9.35. The van der Waals surface area contributed by atoms with Gasteiger partial charge in [-0.1, -0.05) is 24.3 Å². The van der Waals surface area contributed by atoms with Gasteiger partial charge in [0.15, 0.2) is 6.29 Å². The fraction of sp³-hybridized carbons (Fsp3) is 0.625. The van der Waals surface area contributed by atoms with E-state index in [1.54, 1.807) is 0 Å². The summed E-state index contributed by atoms with van der Waals surface area (Å²) >= 11 is 0. The van der Waals surface area contributed by atoms with Crippen LogP contribution in [0.4, 0.5) is 0 Å². The SMILES string of the molecule is CCOC(CNC1CCCc2ccccc21)OCC. The van der Waals surface area contributed by atoms with Crippen molar-refractivity contribution in [2.75, 3.05) is 19.8 Å². The lowest BCUT2D eigenvalue weighted by molar-refractivity contribution is -0.134. The predicted molar refractivity (Wildman–Crippen MR) is 77.2 cm³/mol. The molecule has 0 amide bonds.